The van der Waals surface area contributed by atoms with Crippen molar-refractivity contribution < 1.29 is 13.9 Å². The molecule has 0 aliphatic rings. The van der Waals surface area contributed by atoms with E-state index in [1.165, 1.54) is 12.1 Å². The molecule has 3 nitrogen and oxygen atoms in total. The van der Waals surface area contributed by atoms with Gasteiger partial charge in [0.2, 0.25) is 0 Å². The molecule has 1 atom stereocenters. The van der Waals surface area contributed by atoms with Gasteiger partial charge in [0.25, 0.3) is 5.91 Å². The lowest BCUT2D eigenvalue weighted by Crippen LogP contribution is -2.37. The zero-order valence-electron chi connectivity index (χ0n) is 14.4. The number of rotatable bonds is 7. The second-order valence-corrected chi connectivity index (χ2v) is 6.05. The van der Waals surface area contributed by atoms with Crippen molar-refractivity contribution in [2.45, 2.75) is 39.7 Å². The van der Waals surface area contributed by atoms with E-state index in [1.807, 2.05) is 32.0 Å². The zero-order valence-corrected chi connectivity index (χ0v) is 14.4. The van der Waals surface area contributed by atoms with Crippen molar-refractivity contribution in [1.29, 1.82) is 0 Å². The van der Waals surface area contributed by atoms with Crippen LogP contribution in [0.4, 0.5) is 4.39 Å². The first-order valence-electron chi connectivity index (χ1n) is 8.22. The quantitative estimate of drug-likeness (QED) is 0.781. The number of benzene rings is 2. The molecule has 0 bridgehead atoms. The van der Waals surface area contributed by atoms with Crippen molar-refractivity contribution in [2.24, 2.45) is 0 Å². The SMILES string of the molecule is Cc1ccc(OC(C)C(=O)NCCCc2ccc(F)cc2)c(C)c1. The van der Waals surface area contributed by atoms with Crippen molar-refractivity contribution in [3.05, 3.63) is 65.0 Å². The molecular formula is C20H24FNO2. The number of nitrogens with one attached hydrogen (secondary N) is 1. The minimum atomic E-state index is -0.544. The van der Waals surface area contributed by atoms with E-state index < -0.39 is 6.10 Å². The Morgan fingerprint density at radius 2 is 1.88 bits per heavy atom. The second kappa shape index (κ2) is 8.48. The van der Waals surface area contributed by atoms with Gasteiger partial charge in [0, 0.05) is 6.54 Å². The van der Waals surface area contributed by atoms with Crippen LogP contribution in [0.5, 0.6) is 5.75 Å². The van der Waals surface area contributed by atoms with Crippen LogP contribution >= 0.6 is 0 Å². The molecule has 0 saturated heterocycles. The van der Waals surface area contributed by atoms with E-state index in [0.717, 1.165) is 35.3 Å². The van der Waals surface area contributed by atoms with Crippen molar-refractivity contribution in [2.75, 3.05) is 6.54 Å². The molecule has 2 aromatic rings. The van der Waals surface area contributed by atoms with Gasteiger partial charge in [-0.15, -0.1) is 0 Å². The predicted octanol–water partition coefficient (Wildman–Crippen LogP) is 3.96. The topological polar surface area (TPSA) is 38.3 Å². The molecule has 0 aromatic heterocycles. The third-order valence-electron chi connectivity index (χ3n) is 3.86. The van der Waals surface area contributed by atoms with E-state index in [4.69, 9.17) is 4.74 Å². The van der Waals surface area contributed by atoms with Crippen LogP contribution in [-0.4, -0.2) is 18.6 Å². The van der Waals surface area contributed by atoms with Crippen LogP contribution in [0.15, 0.2) is 42.5 Å². The molecule has 128 valence electrons. The van der Waals surface area contributed by atoms with E-state index in [1.54, 1.807) is 19.1 Å². The molecule has 0 spiro atoms. The molecule has 0 heterocycles. The molecule has 2 rings (SSSR count). The first kappa shape index (κ1) is 18.0. The summed E-state index contributed by atoms with van der Waals surface area (Å²) < 4.78 is 18.6. The van der Waals surface area contributed by atoms with Gasteiger partial charge in [-0.3, -0.25) is 4.79 Å². The number of carbonyl (C=O) groups excluding carboxylic acids is 1. The molecule has 4 heteroatoms. The van der Waals surface area contributed by atoms with Crippen LogP contribution in [-0.2, 0) is 11.2 Å². The van der Waals surface area contributed by atoms with Gasteiger partial charge in [0.1, 0.15) is 11.6 Å². The third kappa shape index (κ3) is 5.37. The molecule has 0 aliphatic heterocycles. The fraction of sp³-hybridized carbons (Fsp3) is 0.350. The Labute approximate surface area is 142 Å². The Morgan fingerprint density at radius 1 is 1.17 bits per heavy atom. The average molecular weight is 329 g/mol. The highest BCUT2D eigenvalue weighted by atomic mass is 19.1. The number of ether oxygens (including phenoxy) is 1. The Balaban J connectivity index is 1.74. The maximum atomic E-state index is 12.8. The molecule has 1 unspecified atom stereocenters. The van der Waals surface area contributed by atoms with Crippen LogP contribution in [0.3, 0.4) is 0 Å². The van der Waals surface area contributed by atoms with Gasteiger partial charge >= 0.3 is 0 Å². The van der Waals surface area contributed by atoms with Gasteiger partial charge in [0.15, 0.2) is 6.10 Å². The third-order valence-corrected chi connectivity index (χ3v) is 3.86. The van der Waals surface area contributed by atoms with Crippen LogP contribution in [0, 0.1) is 19.7 Å². The highest BCUT2D eigenvalue weighted by Gasteiger charge is 2.15. The molecule has 2 aromatic carbocycles. The fourth-order valence-corrected chi connectivity index (χ4v) is 2.47. The first-order chi connectivity index (χ1) is 11.5. The van der Waals surface area contributed by atoms with Crippen molar-refractivity contribution in [3.63, 3.8) is 0 Å². The lowest BCUT2D eigenvalue weighted by Gasteiger charge is -2.16. The van der Waals surface area contributed by atoms with E-state index in [0.29, 0.717) is 6.54 Å². The van der Waals surface area contributed by atoms with Gasteiger partial charge in [0.05, 0.1) is 0 Å². The fourth-order valence-electron chi connectivity index (χ4n) is 2.47. The second-order valence-electron chi connectivity index (χ2n) is 6.05. The number of carbonyl (C=O) groups is 1. The summed E-state index contributed by atoms with van der Waals surface area (Å²) in [6.07, 6.45) is 1.05. The summed E-state index contributed by atoms with van der Waals surface area (Å²) in [7, 11) is 0. The summed E-state index contributed by atoms with van der Waals surface area (Å²) in [6.45, 7) is 6.30. The van der Waals surface area contributed by atoms with E-state index in [2.05, 4.69) is 5.32 Å². The van der Waals surface area contributed by atoms with Crippen molar-refractivity contribution in [3.8, 4) is 5.75 Å². The standard InChI is InChI=1S/C20H24FNO2/c1-14-6-11-19(15(2)13-14)24-16(3)20(23)22-12-4-5-17-7-9-18(21)10-8-17/h6-11,13,16H,4-5,12H2,1-3H3,(H,22,23). The van der Waals surface area contributed by atoms with Gasteiger partial charge in [-0.05, 0) is 62.9 Å². The van der Waals surface area contributed by atoms with Gasteiger partial charge in [-0.1, -0.05) is 29.8 Å². The van der Waals surface area contributed by atoms with Crippen molar-refractivity contribution in [1.82, 2.24) is 5.32 Å². The molecule has 24 heavy (non-hydrogen) atoms. The molecule has 1 amide bonds. The summed E-state index contributed by atoms with van der Waals surface area (Å²) in [5.74, 6) is 0.369. The summed E-state index contributed by atoms with van der Waals surface area (Å²) in [4.78, 5) is 12.1. The van der Waals surface area contributed by atoms with Crippen LogP contribution in [0.2, 0.25) is 0 Å². The normalized spacial score (nSPS) is 11.8. The first-order valence-corrected chi connectivity index (χ1v) is 8.22. The number of aryl methyl sites for hydroxylation is 3. The minimum Gasteiger partial charge on any atom is -0.481 e. The highest BCUT2D eigenvalue weighted by molar-refractivity contribution is 5.80. The molecule has 0 saturated carbocycles. The Bertz CT molecular complexity index is 683. The monoisotopic (exact) mass is 329 g/mol. The smallest absolute Gasteiger partial charge is 0.260 e. The van der Waals surface area contributed by atoms with E-state index >= 15 is 0 Å². The van der Waals surface area contributed by atoms with Gasteiger partial charge in [-0.2, -0.15) is 0 Å². The lowest BCUT2D eigenvalue weighted by molar-refractivity contribution is -0.127. The number of hydrogen-bond acceptors (Lipinski definition) is 2. The largest absolute Gasteiger partial charge is 0.481 e. The predicted molar refractivity (Wildman–Crippen MR) is 93.7 cm³/mol. The van der Waals surface area contributed by atoms with Crippen LogP contribution < -0.4 is 10.1 Å². The number of hydrogen-bond donors (Lipinski definition) is 1. The molecular weight excluding hydrogens is 305 g/mol. The minimum absolute atomic E-state index is 0.130. The lowest BCUT2D eigenvalue weighted by atomic mass is 10.1. The molecule has 1 N–H and O–H groups in total. The number of halogens is 1. The molecule has 0 fully saturated rings. The van der Waals surface area contributed by atoms with E-state index in [-0.39, 0.29) is 11.7 Å². The molecule has 0 aliphatic carbocycles. The summed E-state index contributed by atoms with van der Waals surface area (Å²) in [5.41, 5.74) is 3.24. The van der Waals surface area contributed by atoms with Crippen LogP contribution in [0.1, 0.15) is 30.0 Å². The average Bonchev–Trinajstić information content (AvgIpc) is 2.55. The van der Waals surface area contributed by atoms with Crippen LogP contribution in [0.25, 0.3) is 0 Å². The van der Waals surface area contributed by atoms with Gasteiger partial charge < -0.3 is 10.1 Å². The Morgan fingerprint density at radius 3 is 2.54 bits per heavy atom. The Kier molecular flexibility index (Phi) is 6.36. The van der Waals surface area contributed by atoms with Gasteiger partial charge in [-0.25, -0.2) is 4.39 Å². The molecule has 0 radical (unpaired) electrons. The van der Waals surface area contributed by atoms with Crippen molar-refractivity contribution >= 4 is 5.91 Å². The highest BCUT2D eigenvalue weighted by Crippen LogP contribution is 2.20. The Hall–Kier alpha value is -2.36. The summed E-state index contributed by atoms with van der Waals surface area (Å²) in [6, 6.07) is 12.3. The summed E-state index contributed by atoms with van der Waals surface area (Å²) >= 11 is 0. The van der Waals surface area contributed by atoms with E-state index in [9.17, 15) is 9.18 Å². The maximum absolute atomic E-state index is 12.8. The summed E-state index contributed by atoms with van der Waals surface area (Å²) in [5, 5.41) is 2.88. The maximum Gasteiger partial charge on any atom is 0.260 e. The zero-order chi connectivity index (χ0) is 17.5. The number of amides is 1.